The van der Waals surface area contributed by atoms with Crippen molar-refractivity contribution in [3.05, 3.63) is 40.5 Å². The van der Waals surface area contributed by atoms with E-state index in [1.807, 2.05) is 0 Å². The molecule has 15 heteroatoms. The Kier molecular flexibility index (Phi) is 7.01. The van der Waals surface area contributed by atoms with Gasteiger partial charge in [0, 0.05) is 11.1 Å². The highest BCUT2D eigenvalue weighted by Crippen LogP contribution is 2.35. The third-order valence-corrected chi connectivity index (χ3v) is 5.62. The molecule has 0 radical (unpaired) electrons. The van der Waals surface area contributed by atoms with Gasteiger partial charge < -0.3 is 15.2 Å². The summed E-state index contributed by atoms with van der Waals surface area (Å²) >= 11 is 0. The number of hydrogen-bond acceptors (Lipinski definition) is 3. The van der Waals surface area contributed by atoms with Crippen LogP contribution in [0.3, 0.4) is 0 Å². The maximum Gasteiger partial charge on any atom is 0.573 e. The highest BCUT2D eigenvalue weighted by Gasteiger charge is 2.35. The largest absolute Gasteiger partial charge is 0.573 e. The second-order valence-corrected chi connectivity index (χ2v) is 7.96. The fourth-order valence-corrected chi connectivity index (χ4v) is 4.21. The number of aliphatic carboxylic acids is 1. The molecule has 0 saturated carbocycles. The van der Waals surface area contributed by atoms with E-state index in [9.17, 15) is 31.5 Å². The van der Waals surface area contributed by atoms with Gasteiger partial charge in [0.2, 0.25) is 0 Å². The second kappa shape index (κ2) is 9.35. The number of carbonyl (C=O) groups excluding carboxylic acids is 1. The number of ether oxygens (including phenoxy) is 1. The Morgan fingerprint density at radius 2 is 1.43 bits per heavy atom. The number of nitrogens with one attached hydrogen (secondary N) is 1. The van der Waals surface area contributed by atoms with E-state index in [-0.39, 0.29) is 41.3 Å². The number of halogens is 7. The van der Waals surface area contributed by atoms with Crippen molar-refractivity contribution >= 4 is 57.5 Å². The SMILES string of the molecule is Bc1cc(B)c(-c2c(F)c(F)c(NC(=O)C3=C(C(=O)O)CCC3)c(F)c2F)c(B)c1OC(F)(F)F. The summed E-state index contributed by atoms with van der Waals surface area (Å²) in [6, 6.07) is 1.10. The third-order valence-electron chi connectivity index (χ3n) is 5.62. The minimum absolute atomic E-state index is 0.00474. The van der Waals surface area contributed by atoms with Gasteiger partial charge >= 0.3 is 12.3 Å². The van der Waals surface area contributed by atoms with Crippen LogP contribution in [0.5, 0.6) is 5.75 Å². The fourth-order valence-electron chi connectivity index (χ4n) is 4.21. The van der Waals surface area contributed by atoms with Gasteiger partial charge in [-0.25, -0.2) is 22.4 Å². The van der Waals surface area contributed by atoms with Crippen molar-refractivity contribution in [3.63, 3.8) is 0 Å². The average Bonchev–Trinajstić information content (AvgIpc) is 3.25. The van der Waals surface area contributed by atoms with Crippen molar-refractivity contribution in [2.45, 2.75) is 25.6 Å². The third kappa shape index (κ3) is 4.89. The molecular formula is C20H15B3F7NO4. The molecule has 0 fully saturated rings. The Morgan fingerprint density at radius 1 is 0.886 bits per heavy atom. The number of carboxylic acids is 1. The monoisotopic (exact) mass is 499 g/mol. The fraction of sp³-hybridized carbons (Fsp3) is 0.200. The van der Waals surface area contributed by atoms with Crippen LogP contribution in [-0.2, 0) is 9.59 Å². The zero-order valence-corrected chi connectivity index (χ0v) is 18.5. The lowest BCUT2D eigenvalue weighted by Gasteiger charge is -2.21. The number of amides is 1. The second-order valence-electron chi connectivity index (χ2n) is 7.96. The molecule has 0 saturated heterocycles. The summed E-state index contributed by atoms with van der Waals surface area (Å²) in [5.74, 6) is -11.4. The highest BCUT2D eigenvalue weighted by molar-refractivity contribution is 6.49. The number of carboxylic acid groups (broad SMARTS) is 1. The number of carbonyl (C=O) groups is 2. The molecule has 1 aliphatic rings. The first-order valence-electron chi connectivity index (χ1n) is 10.1. The summed E-state index contributed by atoms with van der Waals surface area (Å²) in [6.07, 6.45) is -4.86. The van der Waals surface area contributed by atoms with Crippen molar-refractivity contribution in [2.24, 2.45) is 0 Å². The van der Waals surface area contributed by atoms with Crippen LogP contribution >= 0.6 is 0 Å². The molecule has 2 aromatic rings. The summed E-state index contributed by atoms with van der Waals surface area (Å²) in [4.78, 5) is 23.6. The zero-order valence-electron chi connectivity index (χ0n) is 18.5. The maximum atomic E-state index is 15.0. The predicted molar refractivity (Wildman–Crippen MR) is 120 cm³/mol. The molecule has 2 aromatic carbocycles. The van der Waals surface area contributed by atoms with E-state index < -0.39 is 69.5 Å². The van der Waals surface area contributed by atoms with Crippen LogP contribution in [0.15, 0.2) is 17.2 Å². The lowest BCUT2D eigenvalue weighted by molar-refractivity contribution is -0.273. The van der Waals surface area contributed by atoms with Gasteiger partial charge in [-0.05, 0) is 35.8 Å². The van der Waals surface area contributed by atoms with Gasteiger partial charge in [-0.1, -0.05) is 11.5 Å². The molecule has 0 spiro atoms. The van der Waals surface area contributed by atoms with E-state index in [0.29, 0.717) is 0 Å². The molecule has 1 aliphatic carbocycles. The average molecular weight is 499 g/mol. The summed E-state index contributed by atoms with van der Waals surface area (Å²) in [5, 5.41) is 10.8. The Hall–Kier alpha value is -3.38. The van der Waals surface area contributed by atoms with E-state index in [4.69, 9.17) is 5.11 Å². The first kappa shape index (κ1) is 26.2. The van der Waals surface area contributed by atoms with Gasteiger partial charge in [-0.2, -0.15) is 0 Å². The van der Waals surface area contributed by atoms with E-state index >= 15 is 8.78 Å². The molecule has 2 N–H and O–H groups in total. The summed E-state index contributed by atoms with van der Waals surface area (Å²) < 4.78 is 102. The van der Waals surface area contributed by atoms with Crippen LogP contribution in [0.4, 0.5) is 36.4 Å². The standard InChI is InChI=1S/C20H15B3F7NO4/c21-7-4-8(22)17(35-20(28,29)30)11(23)9(7)10-12(24)14(26)16(15(27)13(10)25)31-18(32)5-2-1-3-6(5)19(33)34/h4H,1-3,21-23H2,(H,31,32)(H,33,34). The minimum Gasteiger partial charge on any atom is -0.478 e. The molecule has 0 aliphatic heterocycles. The molecule has 3 rings (SSSR count). The van der Waals surface area contributed by atoms with Crippen LogP contribution in [-0.4, -0.2) is 46.9 Å². The Morgan fingerprint density at radius 3 is 1.94 bits per heavy atom. The highest BCUT2D eigenvalue weighted by atomic mass is 19.4. The molecule has 5 nitrogen and oxygen atoms in total. The van der Waals surface area contributed by atoms with Gasteiger partial charge in [-0.3, -0.25) is 4.79 Å². The van der Waals surface area contributed by atoms with Crippen molar-refractivity contribution < 1.29 is 50.2 Å². The molecule has 0 bridgehead atoms. The first-order valence-corrected chi connectivity index (χ1v) is 10.1. The van der Waals surface area contributed by atoms with E-state index in [1.54, 1.807) is 5.32 Å². The topological polar surface area (TPSA) is 75.6 Å². The first-order chi connectivity index (χ1) is 16.2. The van der Waals surface area contributed by atoms with Crippen molar-refractivity contribution in [2.75, 3.05) is 5.32 Å². The minimum atomic E-state index is -5.15. The Labute approximate surface area is 196 Å². The van der Waals surface area contributed by atoms with Crippen LogP contribution in [0, 0.1) is 23.3 Å². The quantitative estimate of drug-likeness (QED) is 0.348. The van der Waals surface area contributed by atoms with Gasteiger partial charge in [0.15, 0.2) is 23.3 Å². The molecule has 0 atom stereocenters. The number of benzene rings is 2. The summed E-state index contributed by atoms with van der Waals surface area (Å²) in [7, 11) is 3.57. The molecule has 1 amide bonds. The summed E-state index contributed by atoms with van der Waals surface area (Å²) in [5.41, 5.74) is -4.37. The molecular weight excluding hydrogens is 484 g/mol. The molecule has 0 aromatic heterocycles. The zero-order chi connectivity index (χ0) is 26.4. The van der Waals surface area contributed by atoms with Gasteiger partial charge in [0.1, 0.15) is 35.0 Å². The molecule has 35 heavy (non-hydrogen) atoms. The maximum absolute atomic E-state index is 15.0. The van der Waals surface area contributed by atoms with Gasteiger partial charge in [0.05, 0.1) is 5.56 Å². The van der Waals surface area contributed by atoms with Gasteiger partial charge in [0.25, 0.3) is 5.91 Å². The number of alkyl halides is 3. The number of anilines is 1. The van der Waals surface area contributed by atoms with Gasteiger partial charge in [-0.15, -0.1) is 13.2 Å². The lowest BCUT2D eigenvalue weighted by Crippen LogP contribution is -2.34. The van der Waals surface area contributed by atoms with Crippen molar-refractivity contribution in [1.82, 2.24) is 0 Å². The smallest absolute Gasteiger partial charge is 0.478 e. The summed E-state index contributed by atoms with van der Waals surface area (Å²) in [6.45, 7) is 0. The van der Waals surface area contributed by atoms with Crippen molar-refractivity contribution in [1.29, 1.82) is 0 Å². The Balaban J connectivity index is 2.17. The predicted octanol–water partition coefficient (Wildman–Crippen LogP) is 0.0874. The lowest BCUT2D eigenvalue weighted by atomic mass is 9.73. The normalized spacial score (nSPS) is 13.8. The molecule has 182 valence electrons. The molecule has 0 heterocycles. The van der Waals surface area contributed by atoms with Crippen LogP contribution in [0.1, 0.15) is 19.3 Å². The van der Waals surface area contributed by atoms with Crippen LogP contribution < -0.4 is 26.4 Å². The number of hydrogen-bond donors (Lipinski definition) is 2. The van der Waals surface area contributed by atoms with Crippen LogP contribution in [0.25, 0.3) is 11.1 Å². The molecule has 0 unspecified atom stereocenters. The number of rotatable bonds is 5. The van der Waals surface area contributed by atoms with Crippen LogP contribution in [0.2, 0.25) is 0 Å². The van der Waals surface area contributed by atoms with E-state index in [1.165, 1.54) is 15.7 Å². The Bertz CT molecular complexity index is 1270. The van der Waals surface area contributed by atoms with E-state index in [0.717, 1.165) is 13.9 Å². The van der Waals surface area contributed by atoms with Crippen molar-refractivity contribution in [3.8, 4) is 16.9 Å². The van der Waals surface area contributed by atoms with E-state index in [2.05, 4.69) is 4.74 Å².